The third-order valence-electron chi connectivity index (χ3n) is 2.75. The van der Waals surface area contributed by atoms with Gasteiger partial charge in [0.05, 0.1) is 19.6 Å². The summed E-state index contributed by atoms with van der Waals surface area (Å²) in [6.07, 6.45) is -2.60. The molecule has 5 nitrogen and oxygen atoms in total. The van der Waals surface area contributed by atoms with Crippen LogP contribution in [0.2, 0.25) is 0 Å². The Morgan fingerprint density at radius 2 is 2.04 bits per heavy atom. The van der Waals surface area contributed by atoms with E-state index in [0.717, 1.165) is 12.0 Å². The van der Waals surface area contributed by atoms with Gasteiger partial charge >= 0.3 is 6.18 Å². The lowest BCUT2D eigenvalue weighted by atomic mass is 10.3. The van der Waals surface area contributed by atoms with Crippen LogP contribution in [0.15, 0.2) is 23.3 Å². The van der Waals surface area contributed by atoms with Gasteiger partial charge in [-0.2, -0.15) is 13.2 Å². The van der Waals surface area contributed by atoms with Crippen molar-refractivity contribution in [3.63, 3.8) is 0 Å². The van der Waals surface area contributed by atoms with E-state index in [1.54, 1.807) is 12.3 Å². The summed E-state index contributed by atoms with van der Waals surface area (Å²) in [5.41, 5.74) is 0.786. The number of rotatable bonds is 8. The zero-order chi connectivity index (χ0) is 17.1. The lowest BCUT2D eigenvalue weighted by Crippen LogP contribution is -2.38. The maximum absolute atomic E-state index is 12.2. The van der Waals surface area contributed by atoms with E-state index < -0.39 is 12.6 Å². The molecular formula is C15H24F3IN4O. The van der Waals surface area contributed by atoms with Crippen LogP contribution in [0.3, 0.4) is 0 Å². The van der Waals surface area contributed by atoms with Gasteiger partial charge in [-0.25, -0.2) is 9.98 Å². The standard InChI is InChI=1S/C15H23F3N4O.HI/c1-3-10-23-13-12(6-5-8-20-13)11-22-14(19-4-2)21-9-7-15(16,17)18;/h5-6,8H,3-4,7,9-11H2,1-2H3,(H2,19,21,22);1H. The van der Waals surface area contributed by atoms with Crippen LogP contribution in [-0.4, -0.2) is 36.8 Å². The molecule has 0 aliphatic carbocycles. The van der Waals surface area contributed by atoms with Crippen molar-refractivity contribution >= 4 is 29.9 Å². The molecule has 0 saturated carbocycles. The van der Waals surface area contributed by atoms with Crippen LogP contribution in [0.5, 0.6) is 5.88 Å². The summed E-state index contributed by atoms with van der Waals surface area (Å²) >= 11 is 0. The molecule has 9 heteroatoms. The van der Waals surface area contributed by atoms with Gasteiger partial charge in [-0.3, -0.25) is 0 Å². The molecule has 1 aromatic heterocycles. The van der Waals surface area contributed by atoms with Gasteiger partial charge in [0, 0.05) is 24.8 Å². The summed E-state index contributed by atoms with van der Waals surface area (Å²) in [7, 11) is 0. The van der Waals surface area contributed by atoms with E-state index in [-0.39, 0.29) is 37.1 Å². The molecule has 24 heavy (non-hydrogen) atoms. The first-order chi connectivity index (χ1) is 11.0. The number of alkyl halides is 3. The van der Waals surface area contributed by atoms with Gasteiger partial charge in [0.15, 0.2) is 5.96 Å². The van der Waals surface area contributed by atoms with Gasteiger partial charge in [-0.05, 0) is 19.4 Å². The van der Waals surface area contributed by atoms with Crippen LogP contribution in [-0.2, 0) is 6.54 Å². The summed E-state index contributed by atoms with van der Waals surface area (Å²) in [5.74, 6) is 0.839. The molecule has 1 aromatic rings. The molecule has 0 fully saturated rings. The summed E-state index contributed by atoms with van der Waals surface area (Å²) in [5, 5.41) is 5.58. The number of ether oxygens (including phenoxy) is 1. The minimum Gasteiger partial charge on any atom is -0.477 e. The SMILES string of the molecule is CCCOc1ncccc1CN=C(NCC)NCCC(F)(F)F.I. The minimum atomic E-state index is -4.19. The third kappa shape index (κ3) is 9.78. The highest BCUT2D eigenvalue weighted by molar-refractivity contribution is 14.0. The molecule has 0 aromatic carbocycles. The summed E-state index contributed by atoms with van der Waals surface area (Å²) in [6.45, 7) is 5.01. The molecule has 0 spiro atoms. The van der Waals surface area contributed by atoms with E-state index in [4.69, 9.17) is 4.74 Å². The molecule has 0 amide bonds. The Balaban J connectivity index is 0.00000529. The highest BCUT2D eigenvalue weighted by Gasteiger charge is 2.26. The number of hydrogen-bond donors (Lipinski definition) is 2. The summed E-state index contributed by atoms with van der Waals surface area (Å²) < 4.78 is 42.1. The number of aliphatic imine (C=N–C) groups is 1. The maximum Gasteiger partial charge on any atom is 0.390 e. The molecule has 0 aliphatic rings. The normalized spacial score (nSPS) is 11.6. The monoisotopic (exact) mass is 460 g/mol. The fourth-order valence-electron chi connectivity index (χ4n) is 1.70. The Hall–Kier alpha value is -1.26. The topological polar surface area (TPSA) is 58.5 Å². The average Bonchev–Trinajstić information content (AvgIpc) is 2.50. The number of nitrogens with zero attached hydrogens (tertiary/aromatic N) is 2. The lowest BCUT2D eigenvalue weighted by Gasteiger charge is -2.13. The van der Waals surface area contributed by atoms with Gasteiger partial charge in [0.2, 0.25) is 5.88 Å². The first kappa shape index (κ1) is 22.7. The second kappa shape index (κ2) is 12.2. The Labute approximate surface area is 157 Å². The van der Waals surface area contributed by atoms with Gasteiger partial charge < -0.3 is 15.4 Å². The van der Waals surface area contributed by atoms with Crippen molar-refractivity contribution in [2.75, 3.05) is 19.7 Å². The van der Waals surface area contributed by atoms with Crippen molar-refractivity contribution in [1.29, 1.82) is 0 Å². The van der Waals surface area contributed by atoms with Gasteiger partial charge in [0.1, 0.15) is 0 Å². The number of guanidine groups is 1. The van der Waals surface area contributed by atoms with Crippen LogP contribution >= 0.6 is 24.0 Å². The van der Waals surface area contributed by atoms with E-state index in [1.807, 2.05) is 19.9 Å². The molecule has 0 saturated heterocycles. The highest BCUT2D eigenvalue weighted by atomic mass is 127. The van der Waals surface area contributed by atoms with E-state index in [0.29, 0.717) is 25.0 Å². The van der Waals surface area contributed by atoms with Crippen molar-refractivity contribution < 1.29 is 17.9 Å². The molecule has 138 valence electrons. The van der Waals surface area contributed by atoms with Crippen molar-refractivity contribution in [3.05, 3.63) is 23.9 Å². The molecule has 0 aliphatic heterocycles. The third-order valence-corrected chi connectivity index (χ3v) is 2.75. The Kier molecular flexibility index (Phi) is 11.5. The summed E-state index contributed by atoms with van der Waals surface area (Å²) in [6, 6.07) is 3.61. The fourth-order valence-corrected chi connectivity index (χ4v) is 1.70. The first-order valence-electron chi connectivity index (χ1n) is 7.62. The number of hydrogen-bond acceptors (Lipinski definition) is 3. The van der Waals surface area contributed by atoms with Gasteiger partial charge in [-0.15, -0.1) is 24.0 Å². The Morgan fingerprint density at radius 3 is 2.67 bits per heavy atom. The van der Waals surface area contributed by atoms with Gasteiger partial charge in [-0.1, -0.05) is 13.0 Å². The molecule has 1 heterocycles. The quantitative estimate of drug-likeness (QED) is 0.355. The van der Waals surface area contributed by atoms with Crippen LogP contribution in [0, 0.1) is 0 Å². The van der Waals surface area contributed by atoms with E-state index in [1.165, 1.54) is 0 Å². The zero-order valence-corrected chi connectivity index (χ0v) is 16.1. The van der Waals surface area contributed by atoms with E-state index >= 15 is 0 Å². The van der Waals surface area contributed by atoms with Crippen molar-refractivity contribution in [2.45, 2.75) is 39.4 Å². The molecule has 0 atom stereocenters. The second-order valence-corrected chi connectivity index (χ2v) is 4.80. The molecule has 2 N–H and O–H groups in total. The van der Waals surface area contributed by atoms with E-state index in [9.17, 15) is 13.2 Å². The predicted octanol–water partition coefficient (Wildman–Crippen LogP) is 3.50. The van der Waals surface area contributed by atoms with Gasteiger partial charge in [0.25, 0.3) is 0 Å². The fraction of sp³-hybridized carbons (Fsp3) is 0.600. The molecular weight excluding hydrogens is 436 g/mol. The molecule has 0 radical (unpaired) electrons. The first-order valence-corrected chi connectivity index (χ1v) is 7.62. The zero-order valence-electron chi connectivity index (χ0n) is 13.8. The molecule has 0 bridgehead atoms. The smallest absolute Gasteiger partial charge is 0.390 e. The molecule has 0 unspecified atom stereocenters. The number of halogens is 4. The van der Waals surface area contributed by atoms with E-state index in [2.05, 4.69) is 20.6 Å². The largest absolute Gasteiger partial charge is 0.477 e. The number of aromatic nitrogens is 1. The minimum absolute atomic E-state index is 0. The van der Waals surface area contributed by atoms with Crippen LogP contribution in [0.1, 0.15) is 32.3 Å². The average molecular weight is 460 g/mol. The Bertz CT molecular complexity index is 498. The van der Waals surface area contributed by atoms with Crippen LogP contribution < -0.4 is 15.4 Å². The maximum atomic E-state index is 12.2. The Morgan fingerprint density at radius 1 is 1.29 bits per heavy atom. The number of nitrogens with one attached hydrogen (secondary N) is 2. The summed E-state index contributed by atoms with van der Waals surface area (Å²) in [4.78, 5) is 8.43. The predicted molar refractivity (Wildman–Crippen MR) is 98.9 cm³/mol. The molecule has 1 rings (SSSR count). The highest BCUT2D eigenvalue weighted by Crippen LogP contribution is 2.18. The van der Waals surface area contributed by atoms with Crippen molar-refractivity contribution in [2.24, 2.45) is 4.99 Å². The van der Waals surface area contributed by atoms with Crippen molar-refractivity contribution in [1.82, 2.24) is 15.6 Å². The van der Waals surface area contributed by atoms with Crippen molar-refractivity contribution in [3.8, 4) is 5.88 Å². The number of pyridine rings is 1. The lowest BCUT2D eigenvalue weighted by molar-refractivity contribution is -0.132. The van der Waals surface area contributed by atoms with Crippen LogP contribution in [0.25, 0.3) is 0 Å². The van der Waals surface area contributed by atoms with Crippen LogP contribution in [0.4, 0.5) is 13.2 Å². The second-order valence-electron chi connectivity index (χ2n) is 4.80.